The number of rotatable bonds is 3. The molecule has 0 aromatic heterocycles. The van der Waals surface area contributed by atoms with Crippen LogP contribution in [0.2, 0.25) is 0 Å². The molecule has 4 nitrogen and oxygen atoms in total. The van der Waals surface area contributed by atoms with Crippen molar-refractivity contribution in [2.75, 3.05) is 12.3 Å². The Balaban J connectivity index is 2.81. The van der Waals surface area contributed by atoms with Crippen LogP contribution in [-0.2, 0) is 14.8 Å². The lowest BCUT2D eigenvalue weighted by atomic mass is 10.4. The third-order valence-electron chi connectivity index (χ3n) is 1.69. The Labute approximate surface area is 71.9 Å². The second-order valence-corrected chi connectivity index (χ2v) is 4.57. The molecular formula is C7H11NO3S. The van der Waals surface area contributed by atoms with Gasteiger partial charge in [0.15, 0.2) is 0 Å². The van der Waals surface area contributed by atoms with E-state index >= 15 is 0 Å². The highest BCUT2D eigenvalue weighted by atomic mass is 32.2. The lowest BCUT2D eigenvalue weighted by Crippen LogP contribution is -2.33. The molecule has 0 bridgehead atoms. The van der Waals surface area contributed by atoms with Gasteiger partial charge >= 0.3 is 0 Å². The van der Waals surface area contributed by atoms with Crippen LogP contribution >= 0.6 is 0 Å². The average Bonchev–Trinajstić information content (AvgIpc) is 2.35. The molecule has 0 saturated carbocycles. The van der Waals surface area contributed by atoms with E-state index in [1.54, 1.807) is 0 Å². The molecule has 0 atom stereocenters. The molecule has 1 saturated heterocycles. The van der Waals surface area contributed by atoms with Crippen molar-refractivity contribution in [1.29, 1.82) is 0 Å². The Morgan fingerprint density at radius 1 is 1.58 bits per heavy atom. The van der Waals surface area contributed by atoms with Crippen molar-refractivity contribution in [1.82, 2.24) is 4.31 Å². The lowest BCUT2D eigenvalue weighted by Gasteiger charge is -2.13. The van der Waals surface area contributed by atoms with Gasteiger partial charge in [0.25, 0.3) is 0 Å². The van der Waals surface area contributed by atoms with Gasteiger partial charge in [-0.05, 0) is 6.42 Å². The summed E-state index contributed by atoms with van der Waals surface area (Å²) in [4.78, 5) is 11.0. The Hall–Kier alpha value is -0.840. The van der Waals surface area contributed by atoms with E-state index in [-0.39, 0.29) is 11.7 Å². The third kappa shape index (κ3) is 1.66. The quantitative estimate of drug-likeness (QED) is 0.593. The highest BCUT2D eigenvalue weighted by Gasteiger charge is 2.29. The molecule has 1 aliphatic heterocycles. The zero-order valence-electron chi connectivity index (χ0n) is 6.69. The maximum Gasteiger partial charge on any atom is 0.240 e. The molecule has 0 unspecified atom stereocenters. The van der Waals surface area contributed by atoms with E-state index in [9.17, 15) is 13.2 Å². The molecule has 0 aliphatic carbocycles. The fourth-order valence-electron chi connectivity index (χ4n) is 1.16. The summed E-state index contributed by atoms with van der Waals surface area (Å²) < 4.78 is 23.5. The molecule has 0 spiro atoms. The molecule has 1 aliphatic rings. The molecule has 0 radical (unpaired) electrons. The first kappa shape index (κ1) is 9.25. The van der Waals surface area contributed by atoms with Gasteiger partial charge in [-0.2, -0.15) is 0 Å². The maximum atomic E-state index is 11.3. The number of carbonyl (C=O) groups is 1. The summed E-state index contributed by atoms with van der Waals surface area (Å²) in [5.41, 5.74) is 0. The van der Waals surface area contributed by atoms with Gasteiger partial charge in [0.05, 0.1) is 5.75 Å². The molecule has 68 valence electrons. The van der Waals surface area contributed by atoms with E-state index in [0.29, 0.717) is 19.4 Å². The summed E-state index contributed by atoms with van der Waals surface area (Å²) in [7, 11) is -3.39. The number of sulfonamides is 1. The average molecular weight is 189 g/mol. The Bertz CT molecular complexity index is 294. The van der Waals surface area contributed by atoms with Gasteiger partial charge in [-0.25, -0.2) is 12.7 Å². The van der Waals surface area contributed by atoms with Crippen LogP contribution in [0.4, 0.5) is 0 Å². The van der Waals surface area contributed by atoms with Gasteiger partial charge in [-0.3, -0.25) is 4.79 Å². The smallest absolute Gasteiger partial charge is 0.240 e. The van der Waals surface area contributed by atoms with Gasteiger partial charge in [0.2, 0.25) is 15.9 Å². The van der Waals surface area contributed by atoms with E-state index < -0.39 is 10.0 Å². The van der Waals surface area contributed by atoms with E-state index in [2.05, 4.69) is 6.58 Å². The standard InChI is InChI=1S/C7H11NO3S/c1-2-6-12(10,11)8-5-3-4-7(8)9/h2H,1,3-6H2. The summed E-state index contributed by atoms with van der Waals surface area (Å²) in [5.74, 6) is -0.449. The third-order valence-corrected chi connectivity index (χ3v) is 3.41. The highest BCUT2D eigenvalue weighted by molar-refractivity contribution is 7.89. The molecule has 1 amide bonds. The van der Waals surface area contributed by atoms with Crippen molar-refractivity contribution < 1.29 is 13.2 Å². The fraction of sp³-hybridized carbons (Fsp3) is 0.571. The van der Waals surface area contributed by atoms with Crippen molar-refractivity contribution in [2.24, 2.45) is 0 Å². The van der Waals surface area contributed by atoms with Crippen LogP contribution in [-0.4, -0.2) is 30.9 Å². The van der Waals surface area contributed by atoms with Crippen LogP contribution in [0.1, 0.15) is 12.8 Å². The molecule has 1 heterocycles. The molecule has 0 aromatic carbocycles. The zero-order chi connectivity index (χ0) is 9.19. The molecular weight excluding hydrogens is 178 g/mol. The first-order chi connectivity index (χ1) is 5.58. The van der Waals surface area contributed by atoms with E-state index in [4.69, 9.17) is 0 Å². The van der Waals surface area contributed by atoms with E-state index in [1.807, 2.05) is 0 Å². The normalized spacial score (nSPS) is 18.3. The predicted molar refractivity (Wildman–Crippen MR) is 44.9 cm³/mol. The summed E-state index contributed by atoms with van der Waals surface area (Å²) >= 11 is 0. The first-order valence-electron chi connectivity index (χ1n) is 3.72. The molecule has 1 fully saturated rings. The van der Waals surface area contributed by atoms with E-state index in [1.165, 1.54) is 6.08 Å². The Kier molecular flexibility index (Phi) is 2.52. The first-order valence-corrected chi connectivity index (χ1v) is 5.33. The van der Waals surface area contributed by atoms with Crippen LogP contribution < -0.4 is 0 Å². The predicted octanol–water partition coefficient (Wildman–Crippen LogP) is 0.125. The van der Waals surface area contributed by atoms with E-state index in [0.717, 1.165) is 4.31 Å². The number of hydrogen-bond acceptors (Lipinski definition) is 3. The Morgan fingerprint density at radius 2 is 2.25 bits per heavy atom. The minimum absolute atomic E-state index is 0.154. The Morgan fingerprint density at radius 3 is 2.67 bits per heavy atom. The number of nitrogens with zero attached hydrogens (tertiary/aromatic N) is 1. The SMILES string of the molecule is C=CCS(=O)(=O)N1CCCC1=O. The fourth-order valence-corrected chi connectivity index (χ4v) is 2.44. The van der Waals surface area contributed by atoms with Crippen molar-refractivity contribution in [2.45, 2.75) is 12.8 Å². The number of hydrogen-bond donors (Lipinski definition) is 0. The topological polar surface area (TPSA) is 54.5 Å². The summed E-state index contributed by atoms with van der Waals surface area (Å²) in [6.07, 6.45) is 2.27. The van der Waals surface area contributed by atoms with Crippen LogP contribution in [0.5, 0.6) is 0 Å². The molecule has 5 heteroatoms. The maximum absolute atomic E-state index is 11.3. The minimum atomic E-state index is -3.39. The zero-order valence-corrected chi connectivity index (χ0v) is 7.51. The van der Waals surface area contributed by atoms with Gasteiger partial charge in [0, 0.05) is 13.0 Å². The molecule has 0 N–H and O–H groups in total. The summed E-state index contributed by atoms with van der Waals surface area (Å²) in [5, 5.41) is 0. The highest BCUT2D eigenvalue weighted by Crippen LogP contribution is 2.14. The van der Waals surface area contributed by atoms with Gasteiger partial charge in [-0.15, -0.1) is 6.58 Å². The van der Waals surface area contributed by atoms with Crippen LogP contribution in [0, 0.1) is 0 Å². The second-order valence-electron chi connectivity index (χ2n) is 2.64. The van der Waals surface area contributed by atoms with Crippen LogP contribution in [0.25, 0.3) is 0 Å². The molecule has 12 heavy (non-hydrogen) atoms. The van der Waals surface area contributed by atoms with Crippen molar-refractivity contribution in [3.63, 3.8) is 0 Å². The number of amides is 1. The largest absolute Gasteiger partial charge is 0.274 e. The van der Waals surface area contributed by atoms with Crippen LogP contribution in [0.3, 0.4) is 0 Å². The van der Waals surface area contributed by atoms with Crippen molar-refractivity contribution in [3.05, 3.63) is 12.7 Å². The summed E-state index contributed by atoms with van der Waals surface area (Å²) in [6, 6.07) is 0. The molecule has 1 rings (SSSR count). The van der Waals surface area contributed by atoms with Gasteiger partial charge in [-0.1, -0.05) is 6.08 Å². The second kappa shape index (κ2) is 3.26. The molecule has 0 aromatic rings. The van der Waals surface area contributed by atoms with Gasteiger partial charge < -0.3 is 0 Å². The summed E-state index contributed by atoms with van der Waals surface area (Å²) in [6.45, 7) is 3.65. The van der Waals surface area contributed by atoms with Crippen molar-refractivity contribution in [3.8, 4) is 0 Å². The lowest BCUT2D eigenvalue weighted by molar-refractivity contribution is -0.123. The minimum Gasteiger partial charge on any atom is -0.274 e. The van der Waals surface area contributed by atoms with Crippen LogP contribution in [0.15, 0.2) is 12.7 Å². The van der Waals surface area contributed by atoms with Gasteiger partial charge in [0.1, 0.15) is 0 Å². The number of carbonyl (C=O) groups excluding carboxylic acids is 1. The monoisotopic (exact) mass is 189 g/mol. The van der Waals surface area contributed by atoms with Crippen molar-refractivity contribution >= 4 is 15.9 Å².